The number of rotatable bonds is 15. The zero-order valence-corrected chi connectivity index (χ0v) is 26.9. The fraction of sp³-hybridized carbons (Fsp3) is 0.469. The van der Waals surface area contributed by atoms with Crippen LogP contribution in [-0.2, 0) is 20.6 Å². The third kappa shape index (κ3) is 11.1. The molecule has 0 amide bonds. The highest BCUT2D eigenvalue weighted by molar-refractivity contribution is 7.95. The number of hydrogen-bond acceptors (Lipinski definition) is 12. The molecule has 13 nitrogen and oxygen atoms in total. The van der Waals surface area contributed by atoms with E-state index in [1.165, 1.54) is 0 Å². The summed E-state index contributed by atoms with van der Waals surface area (Å²) < 4.78 is 39.6. The van der Waals surface area contributed by atoms with Gasteiger partial charge in [-0.15, -0.1) is 0 Å². The average Bonchev–Trinajstić information content (AvgIpc) is 3.07. The van der Waals surface area contributed by atoms with Crippen LogP contribution in [0.2, 0.25) is 0 Å². The van der Waals surface area contributed by atoms with Gasteiger partial charge in [-0.05, 0) is 42.0 Å². The van der Waals surface area contributed by atoms with Crippen molar-refractivity contribution in [1.82, 2.24) is 19.0 Å². The van der Waals surface area contributed by atoms with Crippen LogP contribution >= 0.6 is 12.1 Å². The first-order valence-corrected chi connectivity index (χ1v) is 15.7. The molecule has 0 spiro atoms. The van der Waals surface area contributed by atoms with Crippen LogP contribution in [0.25, 0.3) is 11.3 Å². The van der Waals surface area contributed by atoms with Gasteiger partial charge < -0.3 is 39.4 Å². The molecule has 2 fully saturated rings. The number of hydrogen-bond donors (Lipinski definition) is 1. The van der Waals surface area contributed by atoms with Crippen molar-refractivity contribution < 1.29 is 39.4 Å². The maximum Gasteiger partial charge on any atom is 0.161 e. The minimum absolute atomic E-state index is 0. The molecule has 14 heteroatoms. The minimum Gasteiger partial charge on any atom is -0.493 e. The summed E-state index contributed by atoms with van der Waals surface area (Å²) in [6, 6.07) is 15.5. The first-order chi connectivity index (χ1) is 21.7. The van der Waals surface area contributed by atoms with Crippen LogP contribution in [0.1, 0.15) is 29.8 Å². The molecule has 0 aliphatic carbocycles. The summed E-state index contributed by atoms with van der Waals surface area (Å²) in [5, 5.41) is 9.77. The predicted octanol–water partition coefficient (Wildman–Crippen LogP) is 2.40. The monoisotopic (exact) mass is 657 g/mol. The van der Waals surface area contributed by atoms with E-state index in [0.717, 1.165) is 62.5 Å². The molecule has 2 aliphatic heterocycles. The lowest BCUT2D eigenvalue weighted by atomic mass is 10.1. The van der Waals surface area contributed by atoms with Gasteiger partial charge in [0.05, 0.1) is 58.0 Å². The molecule has 3 aromatic rings. The van der Waals surface area contributed by atoms with Gasteiger partial charge in [0.1, 0.15) is 30.4 Å². The topological polar surface area (TPSA) is 183 Å². The van der Waals surface area contributed by atoms with Crippen molar-refractivity contribution in [2.24, 2.45) is 0 Å². The van der Waals surface area contributed by atoms with E-state index < -0.39 is 0 Å². The van der Waals surface area contributed by atoms with E-state index in [9.17, 15) is 5.26 Å². The zero-order valence-electron chi connectivity index (χ0n) is 26.0. The van der Waals surface area contributed by atoms with Crippen molar-refractivity contribution in [2.75, 3.05) is 73.0 Å². The van der Waals surface area contributed by atoms with Crippen molar-refractivity contribution in [2.45, 2.75) is 25.4 Å². The predicted molar refractivity (Wildman–Crippen MR) is 174 cm³/mol. The Labute approximate surface area is 274 Å². The third-order valence-corrected chi connectivity index (χ3v) is 8.11. The Bertz CT molecular complexity index is 1380. The van der Waals surface area contributed by atoms with Gasteiger partial charge in [0.2, 0.25) is 0 Å². The Morgan fingerprint density at radius 1 is 0.957 bits per heavy atom. The minimum atomic E-state index is 0. The summed E-state index contributed by atoms with van der Waals surface area (Å²) in [6.07, 6.45) is 3.96. The Kier molecular flexibility index (Phi) is 16.0. The molecular formula is C32H43N5O8S. The van der Waals surface area contributed by atoms with E-state index >= 15 is 0 Å². The lowest BCUT2D eigenvalue weighted by Crippen LogP contribution is -2.34. The molecule has 2 aromatic carbocycles. The van der Waals surface area contributed by atoms with Crippen LogP contribution in [0.4, 0.5) is 0 Å². The number of ether oxygens (including phenoxy) is 6. The summed E-state index contributed by atoms with van der Waals surface area (Å²) in [5.41, 5.74) is 3.05. The number of morpholine rings is 1. The quantitative estimate of drug-likeness (QED) is 0.186. The molecule has 46 heavy (non-hydrogen) atoms. The number of nitriles is 1. The van der Waals surface area contributed by atoms with Gasteiger partial charge in [-0.1, -0.05) is 6.07 Å². The van der Waals surface area contributed by atoms with E-state index in [2.05, 4.69) is 20.1 Å². The van der Waals surface area contributed by atoms with Crippen molar-refractivity contribution in [3.63, 3.8) is 0 Å². The van der Waals surface area contributed by atoms with Gasteiger partial charge in [0.15, 0.2) is 11.5 Å². The van der Waals surface area contributed by atoms with Gasteiger partial charge >= 0.3 is 0 Å². The lowest BCUT2D eigenvalue weighted by molar-refractivity contribution is 0.0254. The van der Waals surface area contributed by atoms with Gasteiger partial charge in [0.25, 0.3) is 0 Å². The first kappa shape index (κ1) is 36.9. The van der Waals surface area contributed by atoms with Gasteiger partial charge in [-0.3, -0.25) is 0 Å². The van der Waals surface area contributed by atoms with Crippen LogP contribution < -0.4 is 18.9 Å². The highest BCUT2D eigenvalue weighted by Gasteiger charge is 2.18. The molecule has 5 N–H and O–H groups in total. The SMILES string of the molecule is COc1cc(Cc2nccc(-c3ccc(OC4CCOCC4)c(C#N)c3)n2)ccc1OCCOCCNSN1CCOCC1.O.O. The standard InChI is InChI=1S/C32H39N5O6S.2H2O/c1-38-31-20-24(2-4-30(31)42-19-18-40-15-10-35-44-37-11-16-41-17-12-37)21-32-34-9-6-28(36-32)25-3-5-29(26(22-25)23-33)43-27-7-13-39-14-8-27;;/h2-6,9,20,22,27,35H,7-8,10-19,21H2,1H3;2*1H2. The molecule has 0 unspecified atom stereocenters. The van der Waals surface area contributed by atoms with Crippen LogP contribution in [0, 0.1) is 11.3 Å². The van der Waals surface area contributed by atoms with Crippen LogP contribution in [-0.4, -0.2) is 104 Å². The number of benzene rings is 2. The first-order valence-electron chi connectivity index (χ1n) is 14.9. The average molecular weight is 658 g/mol. The normalized spacial score (nSPS) is 15.2. The molecule has 2 aliphatic rings. The molecule has 0 radical (unpaired) electrons. The number of nitrogens with zero attached hydrogens (tertiary/aromatic N) is 4. The summed E-state index contributed by atoms with van der Waals surface area (Å²) in [4.78, 5) is 9.25. The largest absolute Gasteiger partial charge is 0.493 e. The van der Waals surface area contributed by atoms with E-state index in [4.69, 9.17) is 33.4 Å². The van der Waals surface area contributed by atoms with E-state index in [1.54, 1.807) is 25.4 Å². The summed E-state index contributed by atoms with van der Waals surface area (Å²) in [5.74, 6) is 2.55. The smallest absolute Gasteiger partial charge is 0.161 e. The van der Waals surface area contributed by atoms with Gasteiger partial charge in [-0.2, -0.15) is 5.26 Å². The van der Waals surface area contributed by atoms with Gasteiger partial charge in [-0.25, -0.2) is 19.0 Å². The molecule has 2 saturated heterocycles. The second-order valence-electron chi connectivity index (χ2n) is 10.3. The Balaban J connectivity index is 0.00000288. The summed E-state index contributed by atoms with van der Waals surface area (Å²) in [6.45, 7) is 7.02. The van der Waals surface area contributed by atoms with Gasteiger partial charge in [0, 0.05) is 62.8 Å². The molecule has 5 rings (SSSR count). The Hall–Kier alpha value is -3.52. The van der Waals surface area contributed by atoms with Crippen molar-refractivity contribution in [3.05, 3.63) is 65.6 Å². The maximum atomic E-state index is 9.77. The maximum absolute atomic E-state index is 9.77. The summed E-state index contributed by atoms with van der Waals surface area (Å²) in [7, 11) is 1.62. The molecule has 3 heterocycles. The van der Waals surface area contributed by atoms with Crippen molar-refractivity contribution in [1.29, 1.82) is 5.26 Å². The fourth-order valence-electron chi connectivity index (χ4n) is 4.82. The third-order valence-electron chi connectivity index (χ3n) is 7.15. The van der Waals surface area contributed by atoms with Crippen LogP contribution in [0.5, 0.6) is 17.2 Å². The van der Waals surface area contributed by atoms with Crippen molar-refractivity contribution >= 4 is 12.1 Å². The molecule has 0 atom stereocenters. The van der Waals surface area contributed by atoms with E-state index in [-0.39, 0.29) is 17.1 Å². The van der Waals surface area contributed by atoms with Crippen LogP contribution in [0.3, 0.4) is 0 Å². The Morgan fingerprint density at radius 2 is 1.74 bits per heavy atom. The summed E-state index contributed by atoms with van der Waals surface area (Å²) >= 11 is 1.62. The molecule has 0 bridgehead atoms. The van der Waals surface area contributed by atoms with E-state index in [1.807, 2.05) is 42.5 Å². The number of aromatic nitrogens is 2. The molecular weight excluding hydrogens is 614 g/mol. The number of methoxy groups -OCH3 is 1. The van der Waals surface area contributed by atoms with Crippen molar-refractivity contribution in [3.8, 4) is 34.6 Å². The number of nitrogens with one attached hydrogen (secondary N) is 1. The Morgan fingerprint density at radius 3 is 2.52 bits per heavy atom. The second kappa shape index (κ2) is 19.9. The lowest BCUT2D eigenvalue weighted by Gasteiger charge is -2.25. The second-order valence-corrected chi connectivity index (χ2v) is 11.2. The zero-order chi connectivity index (χ0) is 30.4. The fourth-order valence-corrected chi connectivity index (χ4v) is 5.51. The molecule has 1 aromatic heterocycles. The molecule has 0 saturated carbocycles. The highest BCUT2D eigenvalue weighted by Crippen LogP contribution is 2.30. The van der Waals surface area contributed by atoms with E-state index in [0.29, 0.717) is 68.1 Å². The highest BCUT2D eigenvalue weighted by atomic mass is 32.2. The molecule has 250 valence electrons. The van der Waals surface area contributed by atoms with Crippen LogP contribution in [0.15, 0.2) is 48.7 Å².